The van der Waals surface area contributed by atoms with E-state index in [9.17, 15) is 8.78 Å². The van der Waals surface area contributed by atoms with E-state index < -0.39 is 11.6 Å². The van der Waals surface area contributed by atoms with Gasteiger partial charge in [-0.1, -0.05) is 29.8 Å². The van der Waals surface area contributed by atoms with E-state index in [0.29, 0.717) is 5.02 Å². The predicted molar refractivity (Wildman–Crippen MR) is 69.8 cm³/mol. The third kappa shape index (κ3) is 2.79. The second-order valence-electron chi connectivity index (χ2n) is 4.02. The largest absolute Gasteiger partial charge is 0.374 e. The summed E-state index contributed by atoms with van der Waals surface area (Å²) in [6.45, 7) is 1.82. The van der Waals surface area contributed by atoms with Gasteiger partial charge in [0.25, 0.3) is 0 Å². The lowest BCUT2D eigenvalue weighted by Crippen LogP contribution is -2.09. The van der Waals surface area contributed by atoms with Crippen LogP contribution in [0, 0.1) is 11.6 Å². The van der Waals surface area contributed by atoms with Gasteiger partial charge in [-0.3, -0.25) is 0 Å². The quantitative estimate of drug-likeness (QED) is 0.843. The van der Waals surface area contributed by atoms with Crippen LogP contribution in [0.2, 0.25) is 5.02 Å². The highest BCUT2D eigenvalue weighted by Gasteiger charge is 2.12. The normalized spacial score (nSPS) is 12.2. The molecule has 1 N–H and O–H groups in total. The van der Waals surface area contributed by atoms with Gasteiger partial charge in [0, 0.05) is 11.1 Å². The minimum absolute atomic E-state index is 0.120. The molecule has 18 heavy (non-hydrogen) atoms. The molecule has 0 aromatic heterocycles. The molecule has 2 aromatic rings. The Morgan fingerprint density at radius 1 is 1.06 bits per heavy atom. The molecule has 0 fully saturated rings. The van der Waals surface area contributed by atoms with Gasteiger partial charge in [-0.05, 0) is 36.8 Å². The summed E-state index contributed by atoms with van der Waals surface area (Å²) < 4.78 is 27.0. The third-order valence-corrected chi connectivity index (χ3v) is 2.91. The monoisotopic (exact) mass is 267 g/mol. The zero-order chi connectivity index (χ0) is 13.1. The smallest absolute Gasteiger partial charge is 0.149 e. The van der Waals surface area contributed by atoms with Gasteiger partial charge in [-0.25, -0.2) is 8.78 Å². The van der Waals surface area contributed by atoms with Gasteiger partial charge < -0.3 is 5.32 Å². The van der Waals surface area contributed by atoms with Crippen molar-refractivity contribution in [2.45, 2.75) is 13.0 Å². The first-order chi connectivity index (χ1) is 8.58. The summed E-state index contributed by atoms with van der Waals surface area (Å²) in [5.41, 5.74) is 0.745. The van der Waals surface area contributed by atoms with Crippen LogP contribution < -0.4 is 5.32 Å². The van der Waals surface area contributed by atoms with Crippen LogP contribution in [0.1, 0.15) is 18.5 Å². The summed E-state index contributed by atoms with van der Waals surface area (Å²) in [6, 6.07) is 10.7. The molecule has 0 amide bonds. The van der Waals surface area contributed by atoms with E-state index in [1.54, 1.807) is 18.2 Å². The van der Waals surface area contributed by atoms with Crippen LogP contribution in [0.4, 0.5) is 14.5 Å². The molecule has 0 bridgehead atoms. The van der Waals surface area contributed by atoms with Crippen molar-refractivity contribution < 1.29 is 8.78 Å². The van der Waals surface area contributed by atoms with Crippen molar-refractivity contribution in [3.63, 3.8) is 0 Å². The topological polar surface area (TPSA) is 12.0 Å². The summed E-state index contributed by atoms with van der Waals surface area (Å²) in [7, 11) is 0. The molecule has 0 heterocycles. The number of nitrogens with one attached hydrogen (secondary N) is 1. The maximum absolute atomic E-state index is 13.5. The summed E-state index contributed by atoms with van der Waals surface area (Å²) in [6.07, 6.45) is 0. The van der Waals surface area contributed by atoms with Gasteiger partial charge in [0.2, 0.25) is 0 Å². The fraction of sp³-hybridized carbons (Fsp3) is 0.143. The number of para-hydroxylation sites is 1. The van der Waals surface area contributed by atoms with Crippen molar-refractivity contribution in [2.24, 2.45) is 0 Å². The maximum Gasteiger partial charge on any atom is 0.149 e. The van der Waals surface area contributed by atoms with E-state index in [4.69, 9.17) is 11.6 Å². The van der Waals surface area contributed by atoms with E-state index in [0.717, 1.165) is 5.56 Å². The second kappa shape index (κ2) is 5.36. The molecule has 0 radical (unpaired) electrons. The van der Waals surface area contributed by atoms with Crippen LogP contribution in [-0.4, -0.2) is 0 Å². The molecule has 0 aliphatic heterocycles. The number of halogens is 3. The lowest BCUT2D eigenvalue weighted by atomic mass is 10.1. The zero-order valence-corrected chi connectivity index (χ0v) is 10.5. The molecule has 1 atom stereocenters. The molecule has 0 aliphatic rings. The van der Waals surface area contributed by atoms with Crippen molar-refractivity contribution in [2.75, 3.05) is 5.32 Å². The average Bonchev–Trinajstić information content (AvgIpc) is 2.34. The number of anilines is 1. The Kier molecular flexibility index (Phi) is 3.82. The van der Waals surface area contributed by atoms with Crippen LogP contribution in [0.15, 0.2) is 42.5 Å². The standard InChI is InChI=1S/C14H12ClF2N/c1-9(10-4-2-5-11(15)8-10)18-14-12(16)6-3-7-13(14)17/h2-9,18H,1H3. The molecular weight excluding hydrogens is 256 g/mol. The average molecular weight is 268 g/mol. The van der Waals surface area contributed by atoms with E-state index in [1.807, 2.05) is 13.0 Å². The van der Waals surface area contributed by atoms with Crippen LogP contribution in [0.25, 0.3) is 0 Å². The number of hydrogen-bond acceptors (Lipinski definition) is 1. The Bertz CT molecular complexity index is 537. The van der Waals surface area contributed by atoms with Gasteiger partial charge >= 0.3 is 0 Å². The fourth-order valence-electron chi connectivity index (χ4n) is 1.71. The molecule has 0 saturated heterocycles. The van der Waals surface area contributed by atoms with E-state index >= 15 is 0 Å². The van der Waals surface area contributed by atoms with Gasteiger partial charge in [-0.15, -0.1) is 0 Å². The molecular formula is C14H12ClF2N. The first kappa shape index (κ1) is 12.8. The lowest BCUT2D eigenvalue weighted by Gasteiger charge is -2.17. The molecule has 2 rings (SSSR count). The van der Waals surface area contributed by atoms with Gasteiger partial charge in [-0.2, -0.15) is 0 Å². The molecule has 0 spiro atoms. The maximum atomic E-state index is 13.5. The highest BCUT2D eigenvalue weighted by Crippen LogP contribution is 2.25. The Morgan fingerprint density at radius 3 is 2.28 bits per heavy atom. The van der Waals surface area contributed by atoms with E-state index in [-0.39, 0.29) is 11.7 Å². The minimum atomic E-state index is -0.608. The highest BCUT2D eigenvalue weighted by atomic mass is 35.5. The molecule has 94 valence electrons. The van der Waals surface area contributed by atoms with Crippen molar-refractivity contribution in [3.8, 4) is 0 Å². The van der Waals surface area contributed by atoms with Crippen molar-refractivity contribution in [3.05, 3.63) is 64.7 Å². The van der Waals surface area contributed by atoms with Gasteiger partial charge in [0.1, 0.15) is 17.3 Å². The van der Waals surface area contributed by atoms with Gasteiger partial charge in [0.15, 0.2) is 0 Å². The predicted octanol–water partition coefficient (Wildman–Crippen LogP) is 4.79. The fourth-order valence-corrected chi connectivity index (χ4v) is 1.91. The molecule has 1 nitrogen and oxygen atoms in total. The molecule has 4 heteroatoms. The number of rotatable bonds is 3. The summed E-state index contributed by atoms with van der Waals surface area (Å²) in [5.74, 6) is -1.22. The zero-order valence-electron chi connectivity index (χ0n) is 9.75. The third-order valence-electron chi connectivity index (χ3n) is 2.67. The van der Waals surface area contributed by atoms with E-state index in [1.165, 1.54) is 18.2 Å². The number of benzene rings is 2. The Morgan fingerprint density at radius 2 is 1.67 bits per heavy atom. The first-order valence-electron chi connectivity index (χ1n) is 5.54. The summed E-state index contributed by atoms with van der Waals surface area (Å²) in [4.78, 5) is 0. The first-order valence-corrected chi connectivity index (χ1v) is 5.91. The Hall–Kier alpha value is -1.61. The Labute approximate surface area is 109 Å². The van der Waals surface area contributed by atoms with Crippen LogP contribution in [0.3, 0.4) is 0 Å². The highest BCUT2D eigenvalue weighted by molar-refractivity contribution is 6.30. The Balaban J connectivity index is 2.24. The summed E-state index contributed by atoms with van der Waals surface area (Å²) in [5, 5.41) is 3.41. The molecule has 1 unspecified atom stereocenters. The lowest BCUT2D eigenvalue weighted by molar-refractivity contribution is 0.584. The van der Waals surface area contributed by atoms with Crippen molar-refractivity contribution in [1.82, 2.24) is 0 Å². The molecule has 0 aliphatic carbocycles. The molecule has 0 saturated carbocycles. The SMILES string of the molecule is CC(Nc1c(F)cccc1F)c1cccc(Cl)c1. The molecule has 2 aromatic carbocycles. The minimum Gasteiger partial charge on any atom is -0.374 e. The van der Waals surface area contributed by atoms with Crippen molar-refractivity contribution in [1.29, 1.82) is 0 Å². The number of hydrogen-bond donors (Lipinski definition) is 1. The van der Waals surface area contributed by atoms with Crippen LogP contribution in [0.5, 0.6) is 0 Å². The van der Waals surface area contributed by atoms with Crippen LogP contribution >= 0.6 is 11.6 Å². The van der Waals surface area contributed by atoms with E-state index in [2.05, 4.69) is 5.32 Å². The summed E-state index contributed by atoms with van der Waals surface area (Å²) >= 11 is 5.88. The van der Waals surface area contributed by atoms with Crippen LogP contribution in [-0.2, 0) is 0 Å². The van der Waals surface area contributed by atoms with Crippen molar-refractivity contribution >= 4 is 17.3 Å². The second-order valence-corrected chi connectivity index (χ2v) is 4.45. The van der Waals surface area contributed by atoms with Gasteiger partial charge in [0.05, 0.1) is 0 Å².